The number of hydrogen-bond acceptors (Lipinski definition) is 4. The molecule has 124 valence electrons. The largest absolute Gasteiger partial charge is 0.464 e. The molecule has 24 heavy (non-hydrogen) atoms. The Kier molecular flexibility index (Phi) is 4.46. The molecule has 1 atom stereocenters. The van der Waals surface area contributed by atoms with Crippen LogP contribution < -0.4 is 10.6 Å². The summed E-state index contributed by atoms with van der Waals surface area (Å²) in [6.45, 7) is 3.93. The van der Waals surface area contributed by atoms with Gasteiger partial charge in [0.2, 0.25) is 0 Å². The Bertz CT molecular complexity index is 858. The van der Waals surface area contributed by atoms with Crippen LogP contribution in [0.3, 0.4) is 0 Å². The van der Waals surface area contributed by atoms with E-state index in [1.54, 1.807) is 30.5 Å². The fourth-order valence-corrected chi connectivity index (χ4v) is 2.25. The Labute approximate surface area is 138 Å². The molecule has 5 nitrogen and oxygen atoms in total. The summed E-state index contributed by atoms with van der Waals surface area (Å²) in [5.41, 5.74) is 1.50. The number of nitrogens with one attached hydrogen (secondary N) is 2. The number of anilines is 2. The van der Waals surface area contributed by atoms with Crippen LogP contribution in [-0.4, -0.2) is 16.9 Å². The van der Waals surface area contributed by atoms with Crippen molar-refractivity contribution >= 4 is 28.4 Å². The number of pyridine rings is 1. The monoisotopic (exact) mass is 327 g/mol. The van der Waals surface area contributed by atoms with E-state index < -0.39 is 0 Å². The van der Waals surface area contributed by atoms with E-state index in [4.69, 9.17) is 4.42 Å². The number of hydrogen-bond donors (Lipinski definition) is 2. The van der Waals surface area contributed by atoms with E-state index in [1.807, 2.05) is 13.8 Å². The number of carbonyl (C=O) groups excluding carboxylic acids is 1. The van der Waals surface area contributed by atoms with Crippen LogP contribution >= 0.6 is 0 Å². The molecule has 0 saturated heterocycles. The summed E-state index contributed by atoms with van der Waals surface area (Å²) in [5.74, 6) is -0.0874. The van der Waals surface area contributed by atoms with Gasteiger partial charge in [0.1, 0.15) is 22.9 Å². The predicted octanol–water partition coefficient (Wildman–Crippen LogP) is 4.24. The third kappa shape index (κ3) is 3.37. The molecule has 2 aromatic heterocycles. The van der Waals surface area contributed by atoms with E-state index in [2.05, 4.69) is 15.6 Å². The molecule has 1 amide bonds. The molecule has 2 heterocycles. The first kappa shape index (κ1) is 16.0. The van der Waals surface area contributed by atoms with Crippen molar-refractivity contribution in [2.45, 2.75) is 26.3 Å². The lowest BCUT2D eigenvalue weighted by Crippen LogP contribution is -2.32. The van der Waals surface area contributed by atoms with Gasteiger partial charge in [-0.25, -0.2) is 9.37 Å². The summed E-state index contributed by atoms with van der Waals surface area (Å²) >= 11 is 0. The summed E-state index contributed by atoms with van der Waals surface area (Å²) in [7, 11) is 0. The van der Waals surface area contributed by atoms with E-state index in [9.17, 15) is 9.18 Å². The number of amides is 1. The van der Waals surface area contributed by atoms with Crippen molar-refractivity contribution in [2.24, 2.45) is 0 Å². The Morgan fingerprint density at radius 1 is 1.29 bits per heavy atom. The summed E-state index contributed by atoms with van der Waals surface area (Å²) in [4.78, 5) is 16.7. The lowest BCUT2D eigenvalue weighted by Gasteiger charge is -2.12. The average molecular weight is 327 g/mol. The Balaban J connectivity index is 1.95. The van der Waals surface area contributed by atoms with Crippen molar-refractivity contribution < 1.29 is 13.6 Å². The van der Waals surface area contributed by atoms with Crippen molar-refractivity contribution in [3.63, 3.8) is 0 Å². The Morgan fingerprint density at radius 3 is 2.75 bits per heavy atom. The molecular formula is C18H18FN3O2. The molecule has 0 spiro atoms. The van der Waals surface area contributed by atoms with Crippen molar-refractivity contribution in [1.82, 2.24) is 10.3 Å². The topological polar surface area (TPSA) is 67.2 Å². The van der Waals surface area contributed by atoms with Gasteiger partial charge in [0.05, 0.1) is 11.6 Å². The number of benzene rings is 1. The van der Waals surface area contributed by atoms with E-state index in [0.29, 0.717) is 17.1 Å². The minimum atomic E-state index is -0.316. The second kappa shape index (κ2) is 6.70. The second-order valence-electron chi connectivity index (χ2n) is 5.60. The molecule has 3 aromatic rings. The van der Waals surface area contributed by atoms with E-state index in [0.717, 1.165) is 11.8 Å². The summed E-state index contributed by atoms with van der Waals surface area (Å²) in [5, 5.41) is 6.74. The summed E-state index contributed by atoms with van der Waals surface area (Å²) in [6.07, 6.45) is 2.37. The molecule has 0 aliphatic rings. The van der Waals surface area contributed by atoms with Gasteiger partial charge in [-0.1, -0.05) is 6.92 Å². The van der Waals surface area contributed by atoms with Crippen molar-refractivity contribution in [3.05, 3.63) is 54.2 Å². The number of aromatic nitrogens is 1. The minimum Gasteiger partial charge on any atom is -0.464 e. The predicted molar refractivity (Wildman–Crippen MR) is 90.9 cm³/mol. The van der Waals surface area contributed by atoms with Crippen LogP contribution in [-0.2, 0) is 0 Å². The summed E-state index contributed by atoms with van der Waals surface area (Å²) in [6, 6.07) is 9.36. The minimum absolute atomic E-state index is 0.0557. The Hall–Kier alpha value is -2.89. The van der Waals surface area contributed by atoms with Crippen LogP contribution in [0.4, 0.5) is 15.9 Å². The molecule has 0 aliphatic heterocycles. The van der Waals surface area contributed by atoms with Crippen LogP contribution in [0, 0.1) is 5.82 Å². The molecule has 0 fully saturated rings. The molecule has 0 aliphatic carbocycles. The van der Waals surface area contributed by atoms with Crippen LogP contribution in [0.25, 0.3) is 11.0 Å². The van der Waals surface area contributed by atoms with E-state index in [-0.39, 0.29) is 23.5 Å². The molecule has 0 bridgehead atoms. The molecule has 2 N–H and O–H groups in total. The number of furan rings is 1. The van der Waals surface area contributed by atoms with Crippen LogP contribution in [0.5, 0.6) is 0 Å². The van der Waals surface area contributed by atoms with Crippen molar-refractivity contribution in [3.8, 4) is 0 Å². The van der Waals surface area contributed by atoms with Gasteiger partial charge in [-0.15, -0.1) is 0 Å². The fraction of sp³-hybridized carbons (Fsp3) is 0.222. The highest BCUT2D eigenvalue weighted by Crippen LogP contribution is 2.26. The third-order valence-corrected chi connectivity index (χ3v) is 3.78. The van der Waals surface area contributed by atoms with Gasteiger partial charge in [-0.3, -0.25) is 4.79 Å². The molecule has 0 saturated carbocycles. The maximum absolute atomic E-state index is 13.0. The van der Waals surface area contributed by atoms with Crippen LogP contribution in [0.2, 0.25) is 0 Å². The number of fused-ring (bicyclic) bond motifs is 1. The van der Waals surface area contributed by atoms with Crippen LogP contribution in [0.1, 0.15) is 30.8 Å². The average Bonchev–Trinajstić information content (AvgIpc) is 3.05. The first-order valence-electron chi connectivity index (χ1n) is 7.78. The van der Waals surface area contributed by atoms with Gasteiger partial charge >= 0.3 is 0 Å². The highest BCUT2D eigenvalue weighted by Gasteiger charge is 2.15. The maximum Gasteiger partial charge on any atom is 0.270 e. The second-order valence-corrected chi connectivity index (χ2v) is 5.60. The fourth-order valence-electron chi connectivity index (χ4n) is 2.25. The van der Waals surface area contributed by atoms with Gasteiger partial charge in [0.15, 0.2) is 0 Å². The number of rotatable bonds is 5. The van der Waals surface area contributed by atoms with Crippen molar-refractivity contribution in [2.75, 3.05) is 5.32 Å². The zero-order valence-electron chi connectivity index (χ0n) is 13.5. The number of nitrogens with zero attached hydrogens (tertiary/aromatic N) is 1. The first-order chi connectivity index (χ1) is 11.6. The zero-order chi connectivity index (χ0) is 17.1. The summed E-state index contributed by atoms with van der Waals surface area (Å²) < 4.78 is 18.5. The normalized spacial score (nSPS) is 12.1. The van der Waals surface area contributed by atoms with Gasteiger partial charge in [-0.2, -0.15) is 0 Å². The SMILES string of the molecule is CC[C@@H](C)NC(=O)c1cc2occc2c(Nc2ccc(F)cc2)n1. The molecule has 0 radical (unpaired) electrons. The molecule has 0 unspecified atom stereocenters. The highest BCUT2D eigenvalue weighted by atomic mass is 19.1. The van der Waals surface area contributed by atoms with Crippen LogP contribution in [0.15, 0.2) is 47.1 Å². The van der Waals surface area contributed by atoms with Gasteiger partial charge in [0.25, 0.3) is 5.91 Å². The smallest absolute Gasteiger partial charge is 0.270 e. The van der Waals surface area contributed by atoms with Gasteiger partial charge < -0.3 is 15.1 Å². The molecule has 1 aromatic carbocycles. The lowest BCUT2D eigenvalue weighted by atomic mass is 10.2. The number of carbonyl (C=O) groups is 1. The molecule has 6 heteroatoms. The van der Waals surface area contributed by atoms with E-state index >= 15 is 0 Å². The molecular weight excluding hydrogens is 309 g/mol. The Morgan fingerprint density at radius 2 is 2.04 bits per heavy atom. The molecule has 3 rings (SSSR count). The van der Waals surface area contributed by atoms with E-state index in [1.165, 1.54) is 12.1 Å². The highest BCUT2D eigenvalue weighted by molar-refractivity contribution is 5.99. The zero-order valence-corrected chi connectivity index (χ0v) is 13.5. The van der Waals surface area contributed by atoms with Gasteiger partial charge in [0, 0.05) is 17.8 Å². The third-order valence-electron chi connectivity index (χ3n) is 3.78. The van der Waals surface area contributed by atoms with Crippen molar-refractivity contribution in [1.29, 1.82) is 0 Å². The quantitative estimate of drug-likeness (QED) is 0.735. The standard InChI is InChI=1S/C18H18FN3O2/c1-3-11(2)20-18(23)15-10-16-14(8-9-24-16)17(22-15)21-13-6-4-12(19)5-7-13/h4-11H,3H2,1-2H3,(H,20,23)(H,21,22)/t11-/m1/s1. The number of halogens is 1. The van der Waals surface area contributed by atoms with Gasteiger partial charge in [-0.05, 0) is 43.7 Å². The lowest BCUT2D eigenvalue weighted by molar-refractivity contribution is 0.0934. The maximum atomic E-state index is 13.0. The first-order valence-corrected chi connectivity index (χ1v) is 7.78.